The van der Waals surface area contributed by atoms with Crippen LogP contribution >= 0.6 is 22.7 Å². The summed E-state index contributed by atoms with van der Waals surface area (Å²) in [6.45, 7) is 5.50. The van der Waals surface area contributed by atoms with Crippen LogP contribution in [0.2, 0.25) is 0 Å². The van der Waals surface area contributed by atoms with Gasteiger partial charge in [-0.05, 0) is 43.3 Å². The number of thiophene rings is 2. The molecule has 0 aliphatic rings. The van der Waals surface area contributed by atoms with Crippen LogP contribution in [0.25, 0.3) is 0 Å². The van der Waals surface area contributed by atoms with E-state index in [4.69, 9.17) is 4.74 Å². The molecule has 31 heavy (non-hydrogen) atoms. The smallest absolute Gasteiger partial charge is 0.341 e. The lowest BCUT2D eigenvalue weighted by atomic mass is 10.1. The Labute approximate surface area is 189 Å². The van der Waals surface area contributed by atoms with Crippen molar-refractivity contribution in [1.82, 2.24) is 5.32 Å². The zero-order chi connectivity index (χ0) is 22.4. The van der Waals surface area contributed by atoms with Crippen LogP contribution in [0.1, 0.15) is 55.9 Å². The molecule has 2 amide bonds. The first kappa shape index (κ1) is 22.7. The van der Waals surface area contributed by atoms with Gasteiger partial charge in [-0.3, -0.25) is 9.59 Å². The fourth-order valence-corrected chi connectivity index (χ4v) is 4.91. The molecule has 0 spiro atoms. The maximum Gasteiger partial charge on any atom is 0.341 e. The third-order valence-corrected chi connectivity index (χ3v) is 6.73. The van der Waals surface area contributed by atoms with Gasteiger partial charge in [0.25, 0.3) is 5.91 Å². The molecule has 0 aliphatic carbocycles. The average Bonchev–Trinajstić information content (AvgIpc) is 3.36. The van der Waals surface area contributed by atoms with E-state index in [-0.39, 0.29) is 36.4 Å². The van der Waals surface area contributed by atoms with Crippen molar-refractivity contribution < 1.29 is 19.1 Å². The van der Waals surface area contributed by atoms with Crippen molar-refractivity contribution in [1.29, 1.82) is 0 Å². The Hall–Kier alpha value is -2.97. The van der Waals surface area contributed by atoms with Crippen molar-refractivity contribution in [2.75, 3.05) is 11.9 Å². The van der Waals surface area contributed by atoms with Crippen LogP contribution < -0.4 is 10.6 Å². The monoisotopic (exact) mass is 456 g/mol. The zero-order valence-electron chi connectivity index (χ0n) is 17.6. The van der Waals surface area contributed by atoms with Crippen molar-refractivity contribution in [2.45, 2.75) is 33.2 Å². The van der Waals surface area contributed by atoms with Crippen molar-refractivity contribution in [3.8, 4) is 0 Å². The Balaban J connectivity index is 1.84. The molecule has 3 rings (SSSR count). The van der Waals surface area contributed by atoms with E-state index in [1.807, 2.05) is 54.8 Å². The minimum atomic E-state index is -0.558. The van der Waals surface area contributed by atoms with Gasteiger partial charge in [0, 0.05) is 4.88 Å². The molecule has 6 nitrogen and oxygen atoms in total. The van der Waals surface area contributed by atoms with Crippen molar-refractivity contribution in [3.05, 3.63) is 74.3 Å². The summed E-state index contributed by atoms with van der Waals surface area (Å²) in [6.07, 6.45) is 0.198. The molecule has 1 atom stereocenters. The van der Waals surface area contributed by atoms with Gasteiger partial charge in [-0.1, -0.05) is 36.4 Å². The van der Waals surface area contributed by atoms with Crippen molar-refractivity contribution in [3.63, 3.8) is 0 Å². The van der Waals surface area contributed by atoms with Gasteiger partial charge in [0.05, 0.1) is 29.5 Å². The molecule has 1 aromatic carbocycles. The molecule has 1 unspecified atom stereocenters. The normalized spacial score (nSPS) is 11.6. The molecule has 2 aromatic heterocycles. The summed E-state index contributed by atoms with van der Waals surface area (Å²) < 4.78 is 5.17. The lowest BCUT2D eigenvalue weighted by Gasteiger charge is -2.14. The minimum absolute atomic E-state index is 0.198. The molecule has 0 radical (unpaired) electrons. The summed E-state index contributed by atoms with van der Waals surface area (Å²) in [4.78, 5) is 39.3. The van der Waals surface area contributed by atoms with Gasteiger partial charge in [-0.25, -0.2) is 4.79 Å². The highest BCUT2D eigenvalue weighted by atomic mass is 32.1. The Kier molecular flexibility index (Phi) is 7.59. The first-order chi connectivity index (χ1) is 14.9. The third kappa shape index (κ3) is 5.59. The van der Waals surface area contributed by atoms with Gasteiger partial charge < -0.3 is 15.4 Å². The van der Waals surface area contributed by atoms with Gasteiger partial charge in [0.1, 0.15) is 5.00 Å². The fourth-order valence-electron chi connectivity index (χ4n) is 3.10. The highest BCUT2D eigenvalue weighted by Gasteiger charge is 2.27. The number of benzene rings is 1. The van der Waals surface area contributed by atoms with Crippen molar-refractivity contribution in [2.24, 2.45) is 0 Å². The molecular weight excluding hydrogens is 432 g/mol. The largest absolute Gasteiger partial charge is 0.462 e. The minimum Gasteiger partial charge on any atom is -0.462 e. The van der Waals surface area contributed by atoms with E-state index in [0.717, 1.165) is 21.8 Å². The number of ether oxygens (including phenoxy) is 1. The maximum atomic E-state index is 13.0. The molecule has 0 saturated heterocycles. The molecule has 0 aliphatic heterocycles. The van der Waals surface area contributed by atoms with E-state index in [9.17, 15) is 14.4 Å². The molecule has 2 N–H and O–H groups in total. The summed E-state index contributed by atoms with van der Waals surface area (Å²) >= 11 is 2.57. The van der Waals surface area contributed by atoms with E-state index in [1.165, 1.54) is 11.3 Å². The number of nitrogens with one attached hydrogen (secondary N) is 2. The van der Waals surface area contributed by atoms with E-state index >= 15 is 0 Å². The summed E-state index contributed by atoms with van der Waals surface area (Å²) in [5, 5.41) is 7.99. The van der Waals surface area contributed by atoms with Crippen LogP contribution in [-0.2, 0) is 16.0 Å². The molecule has 162 valence electrons. The van der Waals surface area contributed by atoms with Gasteiger partial charge in [0.2, 0.25) is 5.91 Å². The van der Waals surface area contributed by atoms with Crippen LogP contribution in [0.3, 0.4) is 0 Å². The number of esters is 1. The lowest BCUT2D eigenvalue weighted by Crippen LogP contribution is -2.26. The second kappa shape index (κ2) is 10.4. The van der Waals surface area contributed by atoms with E-state index in [0.29, 0.717) is 15.4 Å². The lowest BCUT2D eigenvalue weighted by molar-refractivity contribution is -0.115. The van der Waals surface area contributed by atoms with Crippen LogP contribution in [0, 0.1) is 6.92 Å². The van der Waals surface area contributed by atoms with Crippen LogP contribution in [0.4, 0.5) is 5.00 Å². The fraction of sp³-hybridized carbons (Fsp3) is 0.261. The predicted octanol–water partition coefficient (Wildman–Crippen LogP) is 4.97. The summed E-state index contributed by atoms with van der Waals surface area (Å²) in [7, 11) is 0. The van der Waals surface area contributed by atoms with E-state index in [2.05, 4.69) is 10.6 Å². The highest BCUT2D eigenvalue weighted by molar-refractivity contribution is 7.18. The number of carbonyl (C=O) groups is 3. The van der Waals surface area contributed by atoms with Crippen LogP contribution in [0.5, 0.6) is 0 Å². The first-order valence-corrected chi connectivity index (χ1v) is 11.6. The third-order valence-electron chi connectivity index (χ3n) is 4.65. The maximum absolute atomic E-state index is 13.0. The number of rotatable bonds is 8. The van der Waals surface area contributed by atoms with Gasteiger partial charge in [0.15, 0.2) is 0 Å². The Morgan fingerprint density at radius 2 is 1.84 bits per heavy atom. The molecule has 0 fully saturated rings. The average molecular weight is 457 g/mol. The number of hydrogen-bond acceptors (Lipinski definition) is 6. The van der Waals surface area contributed by atoms with E-state index in [1.54, 1.807) is 13.8 Å². The van der Waals surface area contributed by atoms with Gasteiger partial charge >= 0.3 is 5.97 Å². The molecular formula is C23H24N2O4S2. The molecule has 0 saturated carbocycles. The Morgan fingerprint density at radius 3 is 2.48 bits per heavy atom. The summed E-state index contributed by atoms with van der Waals surface area (Å²) in [6, 6.07) is 13.2. The Bertz CT molecular complexity index is 1060. The molecule has 8 heteroatoms. The van der Waals surface area contributed by atoms with E-state index < -0.39 is 5.97 Å². The van der Waals surface area contributed by atoms with Gasteiger partial charge in [-0.15, -0.1) is 22.7 Å². The predicted molar refractivity (Wildman–Crippen MR) is 124 cm³/mol. The zero-order valence-corrected chi connectivity index (χ0v) is 19.2. The topological polar surface area (TPSA) is 84.5 Å². The number of hydrogen-bond donors (Lipinski definition) is 2. The SMILES string of the molecule is CCOC(=O)c1c(NC(=O)Cc2cccs2)sc(C(=O)NC(C)c2ccccc2)c1C. The Morgan fingerprint density at radius 1 is 1.10 bits per heavy atom. The second-order valence-corrected chi connectivity index (χ2v) is 8.94. The number of carbonyl (C=O) groups excluding carboxylic acids is 3. The standard InChI is InChI=1S/C23H24N2O4S2/c1-4-29-23(28)19-14(2)20(21(27)24-15(3)16-9-6-5-7-10-16)31-22(19)25-18(26)13-17-11-8-12-30-17/h5-12,15H,4,13H2,1-3H3,(H,24,27)(H,25,26). The highest BCUT2D eigenvalue weighted by Crippen LogP contribution is 2.34. The van der Waals surface area contributed by atoms with Crippen LogP contribution in [-0.4, -0.2) is 24.4 Å². The summed E-state index contributed by atoms with van der Waals surface area (Å²) in [5.41, 5.74) is 1.69. The summed E-state index contributed by atoms with van der Waals surface area (Å²) in [5.74, 6) is -1.11. The quantitative estimate of drug-likeness (QED) is 0.469. The molecule has 2 heterocycles. The molecule has 3 aromatic rings. The second-order valence-electron chi connectivity index (χ2n) is 6.89. The van der Waals surface area contributed by atoms with Crippen molar-refractivity contribution >= 4 is 45.5 Å². The van der Waals surface area contributed by atoms with Gasteiger partial charge in [-0.2, -0.15) is 0 Å². The number of anilines is 1. The molecule has 0 bridgehead atoms. The first-order valence-electron chi connectivity index (χ1n) is 9.89. The van der Waals surface area contributed by atoms with Crippen LogP contribution in [0.15, 0.2) is 47.8 Å². The number of amides is 2.